The number of benzene rings is 1. The molecule has 0 spiro atoms. The minimum atomic E-state index is -1.20. The van der Waals surface area contributed by atoms with Crippen molar-refractivity contribution in [1.29, 1.82) is 0 Å². The predicted molar refractivity (Wildman–Crippen MR) is 73.7 cm³/mol. The van der Waals surface area contributed by atoms with E-state index in [0.717, 1.165) is 12.8 Å². The third kappa shape index (κ3) is 3.71. The van der Waals surface area contributed by atoms with Crippen LogP contribution in [0.4, 0.5) is 0 Å². The van der Waals surface area contributed by atoms with E-state index < -0.39 is 5.97 Å². The minimum absolute atomic E-state index is 0.105. The number of ether oxygens (including phenoxy) is 1. The molecular formula is C15H22N2O3. The maximum Gasteiger partial charge on any atom is 0.142 e. The van der Waals surface area contributed by atoms with Gasteiger partial charge in [0, 0.05) is 24.4 Å². The number of carboxylic acids is 1. The maximum atomic E-state index is 11.0. The van der Waals surface area contributed by atoms with Gasteiger partial charge in [0.1, 0.15) is 12.5 Å². The molecule has 1 aliphatic heterocycles. The highest BCUT2D eigenvalue weighted by molar-refractivity contribution is 5.89. The molecule has 1 saturated heterocycles. The first-order valence-electron chi connectivity index (χ1n) is 7.02. The molecule has 5 nitrogen and oxygen atoms in total. The monoisotopic (exact) mass is 278 g/mol. The number of aromatic carboxylic acids is 1. The molecule has 0 saturated carbocycles. The van der Waals surface area contributed by atoms with Crippen LogP contribution in [0.2, 0.25) is 0 Å². The molecule has 1 N–H and O–H groups in total. The van der Waals surface area contributed by atoms with E-state index in [2.05, 4.69) is 11.9 Å². The van der Waals surface area contributed by atoms with E-state index in [1.54, 1.807) is 23.1 Å². The van der Waals surface area contributed by atoms with Crippen molar-refractivity contribution in [2.24, 2.45) is 0 Å². The maximum absolute atomic E-state index is 11.0. The van der Waals surface area contributed by atoms with Crippen LogP contribution in [0.25, 0.3) is 0 Å². The van der Waals surface area contributed by atoms with Crippen LogP contribution in [0.5, 0.6) is 5.75 Å². The van der Waals surface area contributed by atoms with Crippen LogP contribution in [-0.4, -0.2) is 50.8 Å². The normalized spacial score (nSPS) is 22.8. The van der Waals surface area contributed by atoms with Crippen molar-refractivity contribution < 1.29 is 19.5 Å². The van der Waals surface area contributed by atoms with Crippen molar-refractivity contribution in [2.45, 2.75) is 18.9 Å². The van der Waals surface area contributed by atoms with Crippen LogP contribution in [0.3, 0.4) is 0 Å². The lowest BCUT2D eigenvalue weighted by molar-refractivity contribution is -0.885. The van der Waals surface area contributed by atoms with E-state index in [-0.39, 0.29) is 5.56 Å². The first kappa shape index (κ1) is 14.8. The van der Waals surface area contributed by atoms with Crippen molar-refractivity contribution in [2.75, 3.05) is 33.9 Å². The molecule has 0 amide bonds. The minimum Gasteiger partial charge on any atom is -0.545 e. The summed E-state index contributed by atoms with van der Waals surface area (Å²) in [4.78, 5) is 14.7. The van der Waals surface area contributed by atoms with E-state index in [9.17, 15) is 9.90 Å². The zero-order chi connectivity index (χ0) is 14.5. The molecule has 0 bridgehead atoms. The number of carboxylic acid groups (broad SMARTS) is 1. The largest absolute Gasteiger partial charge is 0.545 e. The quantitative estimate of drug-likeness (QED) is 0.702. The number of piperidine rings is 1. The molecule has 1 fully saturated rings. The number of hydrogen-bond acceptors (Lipinski definition) is 4. The molecule has 1 aromatic rings. The van der Waals surface area contributed by atoms with Gasteiger partial charge in [0.2, 0.25) is 0 Å². The number of likely N-dealkylation sites (tertiary alicyclic amines) is 1. The fraction of sp³-hybridized carbons (Fsp3) is 0.533. The van der Waals surface area contributed by atoms with Crippen molar-refractivity contribution in [1.82, 2.24) is 4.90 Å². The number of carbonyl (C=O) groups excluding carboxylic acids is 1. The molecule has 0 radical (unpaired) electrons. The highest BCUT2D eigenvalue weighted by atomic mass is 16.5. The summed E-state index contributed by atoms with van der Waals surface area (Å²) >= 11 is 0. The Morgan fingerprint density at radius 2 is 2.05 bits per heavy atom. The molecule has 0 aliphatic carbocycles. The van der Waals surface area contributed by atoms with Gasteiger partial charge in [-0.2, -0.15) is 0 Å². The number of rotatable bonds is 5. The first-order chi connectivity index (χ1) is 9.58. The molecule has 0 atom stereocenters. The van der Waals surface area contributed by atoms with Crippen LogP contribution in [0, 0.1) is 0 Å². The lowest BCUT2D eigenvalue weighted by atomic mass is 10.0. The Morgan fingerprint density at radius 1 is 1.40 bits per heavy atom. The first-order valence-corrected chi connectivity index (χ1v) is 7.02. The zero-order valence-corrected chi connectivity index (χ0v) is 12.1. The highest BCUT2D eigenvalue weighted by Gasteiger charge is 2.23. The Hall–Kier alpha value is -1.59. The van der Waals surface area contributed by atoms with Gasteiger partial charge < -0.3 is 19.5 Å². The number of nitrogens with one attached hydrogen (secondary N) is 1. The molecule has 1 aliphatic rings. The summed E-state index contributed by atoms with van der Waals surface area (Å²) in [5, 5.41) is 11.0. The van der Waals surface area contributed by atoms with Gasteiger partial charge in [-0.1, -0.05) is 12.1 Å². The van der Waals surface area contributed by atoms with Gasteiger partial charge in [0.05, 0.1) is 26.1 Å². The van der Waals surface area contributed by atoms with Gasteiger partial charge in [-0.15, -0.1) is 0 Å². The second kappa shape index (κ2) is 6.72. The second-order valence-electron chi connectivity index (χ2n) is 5.50. The molecule has 110 valence electrons. The van der Waals surface area contributed by atoms with E-state index in [1.165, 1.54) is 19.2 Å². The Kier molecular flexibility index (Phi) is 4.98. The number of carbonyl (C=O) groups is 1. The van der Waals surface area contributed by atoms with E-state index in [4.69, 9.17) is 4.74 Å². The lowest BCUT2D eigenvalue weighted by Gasteiger charge is -2.33. The van der Waals surface area contributed by atoms with Crippen molar-refractivity contribution in [3.05, 3.63) is 29.8 Å². The molecule has 0 aromatic heterocycles. The van der Waals surface area contributed by atoms with Gasteiger partial charge in [-0.05, 0) is 19.2 Å². The van der Waals surface area contributed by atoms with E-state index >= 15 is 0 Å². The van der Waals surface area contributed by atoms with Gasteiger partial charge in [-0.3, -0.25) is 4.90 Å². The highest BCUT2D eigenvalue weighted by Crippen LogP contribution is 2.18. The Balaban J connectivity index is 1.90. The molecule has 0 unspecified atom stereocenters. The van der Waals surface area contributed by atoms with Crippen LogP contribution in [-0.2, 0) is 0 Å². The molecule has 1 heterocycles. The van der Waals surface area contributed by atoms with E-state index in [1.807, 2.05) is 7.05 Å². The fourth-order valence-corrected chi connectivity index (χ4v) is 2.57. The molecular weight excluding hydrogens is 256 g/mol. The fourth-order valence-electron chi connectivity index (χ4n) is 2.57. The number of hydrogen-bond donors (Lipinski definition) is 1. The molecule has 20 heavy (non-hydrogen) atoms. The van der Waals surface area contributed by atoms with Gasteiger partial charge >= 0.3 is 0 Å². The van der Waals surface area contributed by atoms with Crippen LogP contribution in [0.15, 0.2) is 24.3 Å². The van der Waals surface area contributed by atoms with Crippen molar-refractivity contribution in [3.8, 4) is 5.75 Å². The van der Waals surface area contributed by atoms with E-state index in [0.29, 0.717) is 18.5 Å². The van der Waals surface area contributed by atoms with Gasteiger partial charge in [0.25, 0.3) is 0 Å². The Bertz CT molecular complexity index is 456. The topological polar surface area (TPSA) is 57.0 Å². The number of para-hydroxylation sites is 1. The third-order valence-corrected chi connectivity index (χ3v) is 3.96. The molecule has 1 aromatic carbocycles. The summed E-state index contributed by atoms with van der Waals surface area (Å²) < 4.78 is 5.64. The smallest absolute Gasteiger partial charge is 0.142 e. The lowest BCUT2D eigenvalue weighted by Crippen LogP contribution is -3.10. The summed E-state index contributed by atoms with van der Waals surface area (Å²) in [6, 6.07) is 7.11. The van der Waals surface area contributed by atoms with Crippen molar-refractivity contribution in [3.63, 3.8) is 0 Å². The summed E-state index contributed by atoms with van der Waals surface area (Å²) in [6.45, 7) is 2.74. The Labute approximate surface area is 119 Å². The van der Waals surface area contributed by atoms with Crippen LogP contribution < -0.4 is 14.7 Å². The summed E-state index contributed by atoms with van der Waals surface area (Å²) in [7, 11) is 4.23. The average Bonchev–Trinajstić information content (AvgIpc) is 2.45. The summed E-state index contributed by atoms with van der Waals surface area (Å²) in [5.74, 6) is -0.830. The second-order valence-corrected chi connectivity index (χ2v) is 5.50. The number of nitrogens with zero attached hydrogens (tertiary/aromatic N) is 1. The Morgan fingerprint density at radius 3 is 2.70 bits per heavy atom. The predicted octanol–water partition coefficient (Wildman–Crippen LogP) is -1.00. The SMILES string of the molecule is CN(COc1ccccc1C(=O)[O-])C1CC[NH+](C)CC1. The third-order valence-electron chi connectivity index (χ3n) is 3.96. The van der Waals surface area contributed by atoms with Crippen molar-refractivity contribution >= 4 is 5.97 Å². The van der Waals surface area contributed by atoms with Crippen LogP contribution in [0.1, 0.15) is 23.2 Å². The standard InChI is InChI=1S/C15H22N2O3/c1-16-9-7-12(8-10-16)17(2)11-20-14-6-4-3-5-13(14)15(18)19/h3-6,12H,7-11H2,1-2H3,(H,18,19). The average molecular weight is 278 g/mol. The zero-order valence-electron chi connectivity index (χ0n) is 12.1. The summed E-state index contributed by atoms with van der Waals surface area (Å²) in [6.07, 6.45) is 2.29. The van der Waals surface area contributed by atoms with Crippen LogP contribution >= 0.6 is 0 Å². The summed E-state index contributed by atoms with van der Waals surface area (Å²) in [5.41, 5.74) is 0.105. The van der Waals surface area contributed by atoms with Gasteiger partial charge in [-0.25, -0.2) is 0 Å². The van der Waals surface area contributed by atoms with Gasteiger partial charge in [0.15, 0.2) is 0 Å². The number of quaternary nitrogens is 1. The molecule has 2 rings (SSSR count). The molecule has 5 heteroatoms.